The topological polar surface area (TPSA) is 76.1 Å². The largest absolute Gasteiger partial charge is 0.345 e. The van der Waals surface area contributed by atoms with Crippen LogP contribution in [0.3, 0.4) is 0 Å². The maximum absolute atomic E-state index is 12.2. The lowest BCUT2D eigenvalue weighted by molar-refractivity contribution is 0.0939. The van der Waals surface area contributed by atoms with E-state index in [1.54, 1.807) is 38.2 Å². The molecule has 0 spiro atoms. The number of aryl methyl sites for hydroxylation is 1. The first-order chi connectivity index (χ1) is 9.79. The Hall–Kier alpha value is -1.44. The van der Waals surface area contributed by atoms with Gasteiger partial charge in [0, 0.05) is 27.5 Å². The van der Waals surface area contributed by atoms with Gasteiger partial charge in [-0.15, -0.1) is 11.3 Å². The molecule has 0 saturated carbocycles. The molecular weight excluding hydrogens is 332 g/mol. The Bertz CT molecular complexity index is 771. The quantitative estimate of drug-likeness (QED) is 0.865. The lowest BCUT2D eigenvalue weighted by atomic mass is 10.1. The molecule has 0 aliphatic rings. The number of carbonyl (C=O) groups excluding carboxylic acids is 1. The van der Waals surface area contributed by atoms with Gasteiger partial charge >= 0.3 is 0 Å². The normalized spacial score (nSPS) is 12.9. The zero-order chi connectivity index (χ0) is 15.6. The number of hydrogen-bond donors (Lipinski definition) is 1. The summed E-state index contributed by atoms with van der Waals surface area (Å²) in [6.45, 7) is 3.53. The molecule has 2 heterocycles. The summed E-state index contributed by atoms with van der Waals surface area (Å²) < 4.78 is 22.5. The van der Waals surface area contributed by atoms with Crippen molar-refractivity contribution in [2.75, 3.05) is 0 Å². The van der Waals surface area contributed by atoms with Crippen molar-refractivity contribution in [2.24, 2.45) is 0 Å². The highest BCUT2D eigenvalue weighted by molar-refractivity contribution is 8.15. The predicted molar refractivity (Wildman–Crippen MR) is 82.2 cm³/mol. The van der Waals surface area contributed by atoms with Crippen LogP contribution in [0.1, 0.15) is 33.9 Å². The van der Waals surface area contributed by atoms with Crippen LogP contribution in [0, 0.1) is 6.92 Å². The number of nitrogens with zero attached hydrogens (tertiary/aromatic N) is 1. The second kappa shape index (κ2) is 6.13. The summed E-state index contributed by atoms with van der Waals surface area (Å²) >= 11 is 1.04. The first-order valence-corrected chi connectivity index (χ1v) is 9.18. The predicted octanol–water partition coefficient (Wildman–Crippen LogP) is 2.87. The molecule has 2 aromatic rings. The van der Waals surface area contributed by atoms with E-state index in [1.807, 2.05) is 0 Å². The van der Waals surface area contributed by atoms with E-state index < -0.39 is 9.05 Å². The second-order valence-electron chi connectivity index (χ2n) is 4.43. The fourth-order valence-corrected chi connectivity index (χ4v) is 3.86. The molecule has 0 aliphatic carbocycles. The zero-order valence-corrected chi connectivity index (χ0v) is 13.7. The van der Waals surface area contributed by atoms with Gasteiger partial charge in [-0.2, -0.15) is 0 Å². The van der Waals surface area contributed by atoms with Gasteiger partial charge in [0.1, 0.15) is 4.21 Å². The standard InChI is InChI=1S/C13H13ClN2O3S2/c1-8-10(4-3-7-15-8)13(17)16-9(2)11-5-6-12(20-11)21(14,18)19/h3-7,9H,1-2H3,(H,16,17). The lowest BCUT2D eigenvalue weighted by Crippen LogP contribution is -2.26. The van der Waals surface area contributed by atoms with Gasteiger partial charge in [-0.1, -0.05) is 0 Å². The Kier molecular flexibility index (Phi) is 4.65. The first kappa shape index (κ1) is 15.9. The number of rotatable bonds is 4. The second-order valence-corrected chi connectivity index (χ2v) is 8.33. The molecule has 2 rings (SSSR count). The maximum Gasteiger partial charge on any atom is 0.270 e. The number of aromatic nitrogens is 1. The Morgan fingerprint density at radius 1 is 1.38 bits per heavy atom. The van der Waals surface area contributed by atoms with Crippen molar-refractivity contribution >= 4 is 37.0 Å². The summed E-state index contributed by atoms with van der Waals surface area (Å²) in [5.41, 5.74) is 1.13. The molecule has 112 valence electrons. The average molecular weight is 345 g/mol. The van der Waals surface area contributed by atoms with Crippen LogP contribution in [-0.2, 0) is 9.05 Å². The van der Waals surface area contributed by atoms with E-state index in [-0.39, 0.29) is 16.2 Å². The lowest BCUT2D eigenvalue weighted by Gasteiger charge is -2.13. The molecule has 8 heteroatoms. The number of amides is 1. The van der Waals surface area contributed by atoms with Crippen LogP contribution in [0.15, 0.2) is 34.7 Å². The molecule has 2 aromatic heterocycles. The van der Waals surface area contributed by atoms with Crippen molar-refractivity contribution in [3.05, 3.63) is 46.6 Å². The van der Waals surface area contributed by atoms with Crippen molar-refractivity contribution in [1.82, 2.24) is 10.3 Å². The summed E-state index contributed by atoms with van der Waals surface area (Å²) in [6.07, 6.45) is 1.62. The number of halogens is 1. The van der Waals surface area contributed by atoms with Crippen molar-refractivity contribution in [1.29, 1.82) is 0 Å². The number of nitrogens with one attached hydrogen (secondary N) is 1. The minimum Gasteiger partial charge on any atom is -0.345 e. The van der Waals surface area contributed by atoms with Crippen molar-refractivity contribution in [3.8, 4) is 0 Å². The summed E-state index contributed by atoms with van der Waals surface area (Å²) in [5.74, 6) is -0.253. The van der Waals surface area contributed by atoms with Crippen LogP contribution < -0.4 is 5.32 Å². The molecule has 0 aromatic carbocycles. The molecule has 5 nitrogen and oxygen atoms in total. The molecule has 0 fully saturated rings. The fourth-order valence-electron chi connectivity index (χ4n) is 1.77. The van der Waals surface area contributed by atoms with Crippen LogP contribution >= 0.6 is 22.0 Å². The van der Waals surface area contributed by atoms with E-state index in [0.29, 0.717) is 16.1 Å². The molecule has 0 saturated heterocycles. The van der Waals surface area contributed by atoms with Gasteiger partial charge in [0.25, 0.3) is 15.0 Å². The van der Waals surface area contributed by atoms with Crippen LogP contribution in [-0.4, -0.2) is 19.3 Å². The number of carbonyl (C=O) groups is 1. The van der Waals surface area contributed by atoms with E-state index in [9.17, 15) is 13.2 Å². The SMILES string of the molecule is Cc1ncccc1C(=O)NC(C)c1ccc(S(=O)(=O)Cl)s1. The third-order valence-electron chi connectivity index (χ3n) is 2.87. The van der Waals surface area contributed by atoms with Gasteiger partial charge in [-0.05, 0) is 38.1 Å². The number of hydrogen-bond acceptors (Lipinski definition) is 5. The summed E-state index contributed by atoms with van der Waals surface area (Å²) in [7, 11) is 1.55. The van der Waals surface area contributed by atoms with Crippen LogP contribution in [0.5, 0.6) is 0 Å². The van der Waals surface area contributed by atoms with E-state index >= 15 is 0 Å². The molecule has 0 bridgehead atoms. The molecular formula is C13H13ClN2O3S2. The van der Waals surface area contributed by atoms with Crippen LogP contribution in [0.4, 0.5) is 0 Å². The highest BCUT2D eigenvalue weighted by Crippen LogP contribution is 2.28. The van der Waals surface area contributed by atoms with Gasteiger partial charge in [-0.25, -0.2) is 8.42 Å². The molecule has 1 atom stereocenters. The van der Waals surface area contributed by atoms with Gasteiger partial charge in [0.15, 0.2) is 0 Å². The molecule has 0 aliphatic heterocycles. The maximum atomic E-state index is 12.2. The van der Waals surface area contributed by atoms with Crippen LogP contribution in [0.2, 0.25) is 0 Å². The zero-order valence-electron chi connectivity index (χ0n) is 11.3. The van der Waals surface area contributed by atoms with Crippen LogP contribution in [0.25, 0.3) is 0 Å². The Morgan fingerprint density at radius 3 is 2.67 bits per heavy atom. The third-order valence-corrected chi connectivity index (χ3v) is 6.23. The number of pyridine rings is 1. The van der Waals surface area contributed by atoms with E-state index in [1.165, 1.54) is 6.07 Å². The summed E-state index contributed by atoms with van der Waals surface area (Å²) in [4.78, 5) is 16.9. The third kappa shape index (κ3) is 3.81. The van der Waals surface area contributed by atoms with Crippen molar-refractivity contribution in [3.63, 3.8) is 0 Å². The van der Waals surface area contributed by atoms with Gasteiger partial charge in [-0.3, -0.25) is 9.78 Å². The summed E-state index contributed by atoms with van der Waals surface area (Å²) in [5, 5.41) is 2.81. The van der Waals surface area contributed by atoms with Crippen molar-refractivity contribution in [2.45, 2.75) is 24.1 Å². The van der Waals surface area contributed by atoms with E-state index in [0.717, 1.165) is 11.3 Å². The van der Waals surface area contributed by atoms with Gasteiger partial charge in [0.2, 0.25) is 0 Å². The molecule has 0 radical (unpaired) electrons. The number of thiophene rings is 1. The molecule has 1 N–H and O–H groups in total. The smallest absolute Gasteiger partial charge is 0.270 e. The first-order valence-electron chi connectivity index (χ1n) is 6.06. The molecule has 1 amide bonds. The van der Waals surface area contributed by atoms with E-state index in [4.69, 9.17) is 10.7 Å². The van der Waals surface area contributed by atoms with Crippen molar-refractivity contribution < 1.29 is 13.2 Å². The Labute approximate surface area is 131 Å². The van der Waals surface area contributed by atoms with Gasteiger partial charge in [0.05, 0.1) is 11.6 Å². The summed E-state index contributed by atoms with van der Waals surface area (Å²) in [6, 6.07) is 6.12. The Balaban J connectivity index is 2.15. The molecule has 1 unspecified atom stereocenters. The minimum absolute atomic E-state index is 0.0674. The average Bonchev–Trinajstić information content (AvgIpc) is 2.88. The Morgan fingerprint density at radius 2 is 2.10 bits per heavy atom. The fraction of sp³-hybridized carbons (Fsp3) is 0.231. The minimum atomic E-state index is -3.73. The molecule has 21 heavy (non-hydrogen) atoms. The monoisotopic (exact) mass is 344 g/mol. The van der Waals surface area contributed by atoms with Gasteiger partial charge < -0.3 is 5.32 Å². The highest BCUT2D eigenvalue weighted by atomic mass is 35.7. The van der Waals surface area contributed by atoms with E-state index in [2.05, 4.69) is 10.3 Å². The highest BCUT2D eigenvalue weighted by Gasteiger charge is 2.18.